The summed E-state index contributed by atoms with van der Waals surface area (Å²) in [5.41, 5.74) is 2.26. The highest BCUT2D eigenvalue weighted by Crippen LogP contribution is 2.32. The second kappa shape index (κ2) is 8.69. The minimum Gasteiger partial charge on any atom is -0.497 e. The smallest absolute Gasteiger partial charge is 0.338 e. The number of fused-ring (bicyclic) bond motifs is 1. The van der Waals surface area contributed by atoms with Crippen molar-refractivity contribution in [3.05, 3.63) is 90.9 Å². The molecule has 158 valence electrons. The molecule has 3 heterocycles. The third kappa shape index (κ3) is 3.94. The van der Waals surface area contributed by atoms with E-state index in [2.05, 4.69) is 9.98 Å². The Labute approximate surface area is 182 Å². The maximum absolute atomic E-state index is 13.4. The van der Waals surface area contributed by atoms with Crippen LogP contribution >= 0.6 is 11.3 Å². The summed E-state index contributed by atoms with van der Waals surface area (Å²) in [5.74, 6) is 0.147. The summed E-state index contributed by atoms with van der Waals surface area (Å²) in [6, 6.07) is 10.3. The number of carbonyl (C=O) groups is 1. The molecule has 2 aromatic heterocycles. The molecule has 1 aromatic carbocycles. The SMILES string of the molecule is CCOC(=O)C1=C(C)N=c2sc(=Cc3ccncc3)c(=O)n2C1c1cccc(OC)c1. The maximum atomic E-state index is 13.4. The second-order valence-corrected chi connectivity index (χ2v) is 7.87. The van der Waals surface area contributed by atoms with Gasteiger partial charge in [-0.3, -0.25) is 14.3 Å². The van der Waals surface area contributed by atoms with Crippen molar-refractivity contribution >= 4 is 23.4 Å². The quantitative estimate of drug-likeness (QED) is 0.574. The summed E-state index contributed by atoms with van der Waals surface area (Å²) in [4.78, 5) is 35.4. The monoisotopic (exact) mass is 435 g/mol. The molecule has 0 fully saturated rings. The van der Waals surface area contributed by atoms with Crippen molar-refractivity contribution < 1.29 is 14.3 Å². The van der Waals surface area contributed by atoms with Crippen LogP contribution in [0, 0.1) is 0 Å². The number of benzene rings is 1. The van der Waals surface area contributed by atoms with Gasteiger partial charge in [-0.25, -0.2) is 9.79 Å². The average molecular weight is 436 g/mol. The highest BCUT2D eigenvalue weighted by molar-refractivity contribution is 7.07. The van der Waals surface area contributed by atoms with Gasteiger partial charge in [-0.15, -0.1) is 0 Å². The number of esters is 1. The molecule has 1 aliphatic heterocycles. The first kappa shape index (κ1) is 20.7. The van der Waals surface area contributed by atoms with Crippen LogP contribution in [-0.4, -0.2) is 29.2 Å². The molecule has 3 aromatic rings. The van der Waals surface area contributed by atoms with Gasteiger partial charge in [0.25, 0.3) is 5.56 Å². The van der Waals surface area contributed by atoms with Crippen molar-refractivity contribution in [1.29, 1.82) is 0 Å². The summed E-state index contributed by atoms with van der Waals surface area (Å²) in [7, 11) is 1.58. The van der Waals surface area contributed by atoms with Gasteiger partial charge in [-0.2, -0.15) is 0 Å². The molecule has 1 atom stereocenters. The Morgan fingerprint density at radius 1 is 1.26 bits per heavy atom. The fourth-order valence-electron chi connectivity index (χ4n) is 3.53. The standard InChI is InChI=1S/C23H21N3O4S/c1-4-30-22(28)19-14(2)25-23-26(20(19)16-6-5-7-17(13-16)29-3)21(27)18(31-23)12-15-8-10-24-11-9-15/h5-13,20H,4H2,1-3H3. The van der Waals surface area contributed by atoms with Gasteiger partial charge < -0.3 is 9.47 Å². The van der Waals surface area contributed by atoms with Gasteiger partial charge in [-0.05, 0) is 55.3 Å². The molecule has 0 aliphatic carbocycles. The van der Waals surface area contributed by atoms with Crippen molar-refractivity contribution in [3.63, 3.8) is 0 Å². The number of allylic oxidation sites excluding steroid dienone is 1. The van der Waals surface area contributed by atoms with Crippen LogP contribution in [0.3, 0.4) is 0 Å². The van der Waals surface area contributed by atoms with Gasteiger partial charge >= 0.3 is 5.97 Å². The number of aromatic nitrogens is 2. The van der Waals surface area contributed by atoms with Crippen LogP contribution in [0.1, 0.15) is 31.0 Å². The molecule has 31 heavy (non-hydrogen) atoms. The van der Waals surface area contributed by atoms with Gasteiger partial charge in [0.15, 0.2) is 4.80 Å². The van der Waals surface area contributed by atoms with E-state index in [4.69, 9.17) is 9.47 Å². The summed E-state index contributed by atoms with van der Waals surface area (Å²) in [6.07, 6.45) is 5.15. The van der Waals surface area contributed by atoms with Crippen LogP contribution in [0.4, 0.5) is 0 Å². The van der Waals surface area contributed by atoms with Gasteiger partial charge in [0.1, 0.15) is 5.75 Å². The molecule has 0 bridgehead atoms. The number of nitrogens with zero attached hydrogens (tertiary/aromatic N) is 3. The molecule has 0 amide bonds. The Kier molecular flexibility index (Phi) is 5.81. The lowest BCUT2D eigenvalue weighted by Gasteiger charge is -2.25. The molecule has 0 saturated carbocycles. The topological polar surface area (TPSA) is 82.8 Å². The Morgan fingerprint density at radius 3 is 2.74 bits per heavy atom. The summed E-state index contributed by atoms with van der Waals surface area (Å²) >= 11 is 1.29. The van der Waals surface area contributed by atoms with E-state index in [1.165, 1.54) is 11.3 Å². The van der Waals surface area contributed by atoms with Crippen LogP contribution in [-0.2, 0) is 9.53 Å². The molecular weight excluding hydrogens is 414 g/mol. The number of thiazole rings is 1. The first-order valence-corrected chi connectivity index (χ1v) is 10.6. The molecule has 0 radical (unpaired) electrons. The van der Waals surface area contributed by atoms with E-state index in [9.17, 15) is 9.59 Å². The van der Waals surface area contributed by atoms with Crippen molar-refractivity contribution in [2.24, 2.45) is 4.99 Å². The molecule has 4 rings (SSSR count). The van der Waals surface area contributed by atoms with Crippen molar-refractivity contribution in [2.75, 3.05) is 13.7 Å². The predicted octanol–water partition coefficient (Wildman–Crippen LogP) is 2.20. The lowest BCUT2D eigenvalue weighted by atomic mass is 9.95. The number of carbonyl (C=O) groups excluding carboxylic acids is 1. The molecule has 8 heteroatoms. The Bertz CT molecular complexity index is 1340. The third-order valence-electron chi connectivity index (χ3n) is 4.93. The normalized spacial score (nSPS) is 16.0. The second-order valence-electron chi connectivity index (χ2n) is 6.86. The van der Waals surface area contributed by atoms with Crippen LogP contribution in [0.15, 0.2) is 69.8 Å². The van der Waals surface area contributed by atoms with Gasteiger partial charge in [0.05, 0.1) is 35.6 Å². The summed E-state index contributed by atoms with van der Waals surface area (Å²) in [6.45, 7) is 3.74. The van der Waals surface area contributed by atoms with Crippen molar-refractivity contribution in [1.82, 2.24) is 9.55 Å². The predicted molar refractivity (Wildman–Crippen MR) is 118 cm³/mol. The van der Waals surface area contributed by atoms with Gasteiger partial charge in [-0.1, -0.05) is 23.5 Å². The summed E-state index contributed by atoms with van der Waals surface area (Å²) in [5, 5.41) is 0. The number of hydrogen-bond donors (Lipinski definition) is 0. The number of pyridine rings is 1. The molecule has 0 spiro atoms. The van der Waals surface area contributed by atoms with Crippen LogP contribution < -0.4 is 19.6 Å². The lowest BCUT2D eigenvalue weighted by molar-refractivity contribution is -0.139. The maximum Gasteiger partial charge on any atom is 0.338 e. The van der Waals surface area contributed by atoms with E-state index >= 15 is 0 Å². The van der Waals surface area contributed by atoms with E-state index in [0.29, 0.717) is 26.4 Å². The zero-order valence-corrected chi connectivity index (χ0v) is 18.2. The first-order chi connectivity index (χ1) is 15.0. The van der Waals surface area contributed by atoms with Gasteiger partial charge in [0, 0.05) is 12.4 Å². The Hall–Kier alpha value is -3.52. The number of ether oxygens (including phenoxy) is 2. The molecule has 1 unspecified atom stereocenters. The van der Waals surface area contributed by atoms with Gasteiger partial charge in [0.2, 0.25) is 0 Å². The fourth-order valence-corrected chi connectivity index (χ4v) is 4.58. The third-order valence-corrected chi connectivity index (χ3v) is 5.91. The van der Waals surface area contributed by atoms with E-state index in [1.807, 2.05) is 36.4 Å². The number of methoxy groups -OCH3 is 1. The Balaban J connectivity index is 1.97. The number of rotatable bonds is 5. The molecule has 1 aliphatic rings. The van der Waals surface area contributed by atoms with Crippen molar-refractivity contribution in [3.8, 4) is 5.75 Å². The average Bonchev–Trinajstić information content (AvgIpc) is 3.08. The minimum atomic E-state index is -0.662. The molecule has 0 N–H and O–H groups in total. The fraction of sp³-hybridized carbons (Fsp3) is 0.217. The van der Waals surface area contributed by atoms with E-state index < -0.39 is 12.0 Å². The highest BCUT2D eigenvalue weighted by atomic mass is 32.1. The lowest BCUT2D eigenvalue weighted by Crippen LogP contribution is -2.39. The van der Waals surface area contributed by atoms with Crippen LogP contribution in [0.5, 0.6) is 5.75 Å². The highest BCUT2D eigenvalue weighted by Gasteiger charge is 2.33. The van der Waals surface area contributed by atoms with E-state index in [1.54, 1.807) is 44.0 Å². The zero-order valence-electron chi connectivity index (χ0n) is 17.4. The Morgan fingerprint density at radius 2 is 2.03 bits per heavy atom. The van der Waals surface area contributed by atoms with Crippen molar-refractivity contribution in [2.45, 2.75) is 19.9 Å². The van der Waals surface area contributed by atoms with Crippen LogP contribution in [0.25, 0.3) is 6.08 Å². The minimum absolute atomic E-state index is 0.220. The van der Waals surface area contributed by atoms with E-state index in [-0.39, 0.29) is 12.2 Å². The largest absolute Gasteiger partial charge is 0.497 e. The number of hydrogen-bond acceptors (Lipinski definition) is 7. The molecule has 7 nitrogen and oxygen atoms in total. The molecular formula is C23H21N3O4S. The van der Waals surface area contributed by atoms with Crippen LogP contribution in [0.2, 0.25) is 0 Å². The summed E-state index contributed by atoms with van der Waals surface area (Å²) < 4.78 is 12.8. The first-order valence-electron chi connectivity index (χ1n) is 9.77. The zero-order chi connectivity index (χ0) is 22.0. The molecule has 0 saturated heterocycles. The van der Waals surface area contributed by atoms with E-state index in [0.717, 1.165) is 11.1 Å².